The number of amides is 1. The Morgan fingerprint density at radius 2 is 2.04 bits per heavy atom. The molecule has 0 radical (unpaired) electrons. The van der Waals surface area contributed by atoms with E-state index >= 15 is 0 Å². The fraction of sp³-hybridized carbons (Fsp3) is 0.0526. The van der Waals surface area contributed by atoms with E-state index in [1.54, 1.807) is 18.5 Å². The first-order valence-corrected chi connectivity index (χ1v) is 8.46. The number of carbonyl (C=O) groups is 1. The molecular formula is C19H15N7O. The van der Waals surface area contributed by atoms with Crippen LogP contribution in [0.2, 0.25) is 0 Å². The molecule has 0 saturated carbocycles. The third kappa shape index (κ3) is 2.93. The van der Waals surface area contributed by atoms with Crippen LogP contribution in [-0.2, 0) is 11.2 Å². The van der Waals surface area contributed by atoms with Crippen LogP contribution in [0.25, 0.3) is 10.9 Å². The highest BCUT2D eigenvalue weighted by molar-refractivity contribution is 5.99. The molecule has 0 unspecified atom stereocenters. The van der Waals surface area contributed by atoms with Crippen molar-refractivity contribution in [1.29, 1.82) is 0 Å². The molecule has 2 aromatic carbocycles. The van der Waals surface area contributed by atoms with Gasteiger partial charge in [0.05, 0.1) is 23.8 Å². The number of rotatable bonds is 4. The Morgan fingerprint density at radius 1 is 1.07 bits per heavy atom. The topological polar surface area (TPSA) is 108 Å². The van der Waals surface area contributed by atoms with Gasteiger partial charge in [-0.05, 0) is 42.0 Å². The van der Waals surface area contributed by atoms with Crippen LogP contribution in [0.4, 0.5) is 28.8 Å². The van der Waals surface area contributed by atoms with E-state index in [0.717, 1.165) is 33.5 Å². The third-order valence-corrected chi connectivity index (χ3v) is 4.39. The lowest BCUT2D eigenvalue weighted by Crippen LogP contribution is -2.03. The van der Waals surface area contributed by atoms with Crippen molar-refractivity contribution in [2.24, 2.45) is 0 Å². The van der Waals surface area contributed by atoms with E-state index in [9.17, 15) is 4.79 Å². The molecular weight excluding hydrogens is 342 g/mol. The summed E-state index contributed by atoms with van der Waals surface area (Å²) in [5.41, 5.74) is 4.52. The smallest absolute Gasteiger partial charge is 0.229 e. The van der Waals surface area contributed by atoms with Gasteiger partial charge < -0.3 is 16.0 Å². The minimum atomic E-state index is 0.0121. The van der Waals surface area contributed by atoms with Crippen molar-refractivity contribution in [2.75, 3.05) is 16.0 Å². The van der Waals surface area contributed by atoms with E-state index in [0.29, 0.717) is 18.2 Å². The molecule has 1 amide bonds. The minimum Gasteiger partial charge on any atom is -0.339 e. The molecule has 27 heavy (non-hydrogen) atoms. The van der Waals surface area contributed by atoms with Crippen molar-refractivity contribution in [3.05, 3.63) is 60.4 Å². The van der Waals surface area contributed by atoms with Crippen molar-refractivity contribution in [3.63, 3.8) is 0 Å². The van der Waals surface area contributed by atoms with Crippen molar-refractivity contribution < 1.29 is 4.79 Å². The Bertz CT molecular complexity index is 1170. The zero-order valence-electron chi connectivity index (χ0n) is 14.2. The number of aromatic nitrogens is 4. The summed E-state index contributed by atoms with van der Waals surface area (Å²) in [5, 5.41) is 17.3. The number of aromatic amines is 1. The fourth-order valence-corrected chi connectivity index (χ4v) is 3.14. The van der Waals surface area contributed by atoms with Crippen molar-refractivity contribution in [2.45, 2.75) is 6.42 Å². The number of anilines is 5. The maximum Gasteiger partial charge on any atom is 0.229 e. The van der Waals surface area contributed by atoms with Gasteiger partial charge in [0.25, 0.3) is 0 Å². The molecule has 0 saturated heterocycles. The number of carbonyl (C=O) groups excluding carboxylic acids is 1. The largest absolute Gasteiger partial charge is 0.339 e. The third-order valence-electron chi connectivity index (χ3n) is 4.39. The Kier molecular flexibility index (Phi) is 3.46. The Balaban J connectivity index is 1.39. The van der Waals surface area contributed by atoms with Crippen molar-refractivity contribution >= 4 is 45.6 Å². The zero-order valence-corrected chi connectivity index (χ0v) is 14.2. The molecule has 1 aliphatic rings. The Morgan fingerprint density at radius 3 is 3.00 bits per heavy atom. The molecule has 8 nitrogen and oxygen atoms in total. The second-order valence-corrected chi connectivity index (χ2v) is 6.25. The lowest BCUT2D eigenvalue weighted by atomic mass is 10.1. The highest BCUT2D eigenvalue weighted by atomic mass is 16.1. The maximum atomic E-state index is 11.5. The molecule has 5 rings (SSSR count). The number of H-pyrrole nitrogens is 1. The summed E-state index contributed by atoms with van der Waals surface area (Å²) in [5.74, 6) is 1.15. The molecule has 0 bridgehead atoms. The molecule has 4 aromatic rings. The monoisotopic (exact) mass is 357 g/mol. The van der Waals surface area contributed by atoms with Crippen LogP contribution in [0, 0.1) is 0 Å². The van der Waals surface area contributed by atoms with Gasteiger partial charge in [-0.2, -0.15) is 10.1 Å². The van der Waals surface area contributed by atoms with E-state index in [-0.39, 0.29) is 5.91 Å². The van der Waals surface area contributed by atoms with Gasteiger partial charge in [-0.1, -0.05) is 6.07 Å². The number of nitrogens with one attached hydrogen (secondary N) is 4. The average Bonchev–Trinajstić information content (AvgIpc) is 3.28. The van der Waals surface area contributed by atoms with Gasteiger partial charge in [0.2, 0.25) is 11.9 Å². The zero-order chi connectivity index (χ0) is 18.2. The lowest BCUT2D eigenvalue weighted by Gasteiger charge is -2.10. The Labute approximate surface area is 154 Å². The molecule has 4 N–H and O–H groups in total. The predicted molar refractivity (Wildman–Crippen MR) is 103 cm³/mol. The van der Waals surface area contributed by atoms with Crippen molar-refractivity contribution in [1.82, 2.24) is 20.2 Å². The predicted octanol–water partition coefficient (Wildman–Crippen LogP) is 3.33. The molecule has 0 aliphatic carbocycles. The van der Waals surface area contributed by atoms with Crippen molar-refractivity contribution in [3.8, 4) is 0 Å². The highest BCUT2D eigenvalue weighted by Crippen LogP contribution is 2.28. The summed E-state index contributed by atoms with van der Waals surface area (Å²) in [4.78, 5) is 20.3. The molecule has 132 valence electrons. The standard InChI is InChI=1S/C19H15N7O/c27-18-9-11-8-12(4-5-14(11)24-18)22-19-20-7-6-17(25-19)23-15-2-1-3-16-13(15)10-21-26-16/h1-8,10H,9H2,(H,21,26)(H,24,27)(H2,20,22,23,25). The summed E-state index contributed by atoms with van der Waals surface area (Å²) in [7, 11) is 0. The summed E-state index contributed by atoms with van der Waals surface area (Å²) in [6.45, 7) is 0. The molecule has 1 aliphatic heterocycles. The summed E-state index contributed by atoms with van der Waals surface area (Å²) >= 11 is 0. The first kappa shape index (κ1) is 15.3. The van der Waals surface area contributed by atoms with Crippen LogP contribution < -0.4 is 16.0 Å². The van der Waals surface area contributed by atoms with Gasteiger partial charge in [0.1, 0.15) is 5.82 Å². The molecule has 0 fully saturated rings. The van der Waals surface area contributed by atoms with Crippen LogP contribution in [-0.4, -0.2) is 26.1 Å². The summed E-state index contributed by atoms with van der Waals surface area (Å²) in [6.07, 6.45) is 3.85. The molecule has 2 aromatic heterocycles. The quantitative estimate of drug-likeness (QED) is 0.446. The SMILES string of the molecule is O=C1Cc2cc(Nc3nccc(Nc4cccc5[nH]ncc45)n3)ccc2N1. The van der Waals surface area contributed by atoms with Gasteiger partial charge in [-0.15, -0.1) is 0 Å². The second-order valence-electron chi connectivity index (χ2n) is 6.25. The normalized spacial score (nSPS) is 12.7. The molecule has 8 heteroatoms. The Hall–Kier alpha value is -3.94. The van der Waals surface area contributed by atoms with Gasteiger partial charge in [-0.3, -0.25) is 9.89 Å². The van der Waals surface area contributed by atoms with E-state index in [1.807, 2.05) is 36.4 Å². The molecule has 3 heterocycles. The van der Waals surface area contributed by atoms with E-state index in [1.165, 1.54) is 0 Å². The highest BCUT2D eigenvalue weighted by Gasteiger charge is 2.17. The van der Waals surface area contributed by atoms with Crippen LogP contribution in [0.5, 0.6) is 0 Å². The lowest BCUT2D eigenvalue weighted by molar-refractivity contribution is -0.115. The van der Waals surface area contributed by atoms with Crippen LogP contribution in [0.15, 0.2) is 54.9 Å². The number of benzene rings is 2. The van der Waals surface area contributed by atoms with Gasteiger partial charge in [-0.25, -0.2) is 4.98 Å². The van der Waals surface area contributed by atoms with E-state index < -0.39 is 0 Å². The van der Waals surface area contributed by atoms with Crippen LogP contribution in [0.3, 0.4) is 0 Å². The first-order chi connectivity index (χ1) is 13.2. The molecule has 0 spiro atoms. The molecule has 0 atom stereocenters. The average molecular weight is 357 g/mol. The number of hydrogen-bond donors (Lipinski definition) is 4. The van der Waals surface area contributed by atoms with Gasteiger partial charge in [0, 0.05) is 23.0 Å². The summed E-state index contributed by atoms with van der Waals surface area (Å²) < 4.78 is 0. The van der Waals surface area contributed by atoms with E-state index in [4.69, 9.17) is 0 Å². The maximum absolute atomic E-state index is 11.5. The number of hydrogen-bond acceptors (Lipinski definition) is 6. The van der Waals surface area contributed by atoms with Gasteiger partial charge in [0.15, 0.2) is 0 Å². The number of nitrogens with zero attached hydrogens (tertiary/aromatic N) is 3. The van der Waals surface area contributed by atoms with E-state index in [2.05, 4.69) is 36.1 Å². The van der Waals surface area contributed by atoms with Gasteiger partial charge >= 0.3 is 0 Å². The fourth-order valence-electron chi connectivity index (χ4n) is 3.14. The summed E-state index contributed by atoms with van der Waals surface area (Å²) in [6, 6.07) is 13.4. The first-order valence-electron chi connectivity index (χ1n) is 8.46. The van der Waals surface area contributed by atoms with Crippen LogP contribution in [0.1, 0.15) is 5.56 Å². The minimum absolute atomic E-state index is 0.0121. The second kappa shape index (κ2) is 6.10. The van der Waals surface area contributed by atoms with Crippen LogP contribution >= 0.6 is 0 Å². The number of fused-ring (bicyclic) bond motifs is 2.